The first kappa shape index (κ1) is 16.2. The molecule has 3 rings (SSSR count). The van der Waals surface area contributed by atoms with Crippen LogP contribution in [0, 0.1) is 0 Å². The first-order valence-electron chi connectivity index (χ1n) is 8.02. The van der Waals surface area contributed by atoms with Gasteiger partial charge in [0.1, 0.15) is 11.8 Å². The van der Waals surface area contributed by atoms with Gasteiger partial charge in [0.05, 0.1) is 12.5 Å². The van der Waals surface area contributed by atoms with Crippen LogP contribution < -0.4 is 10.1 Å². The number of methoxy groups -OCH3 is 1. The highest BCUT2D eigenvalue weighted by molar-refractivity contribution is 8.00. The molecule has 1 aliphatic heterocycles. The van der Waals surface area contributed by atoms with E-state index >= 15 is 0 Å². The van der Waals surface area contributed by atoms with E-state index in [-0.39, 0.29) is 23.2 Å². The number of rotatable bonds is 5. The van der Waals surface area contributed by atoms with E-state index in [4.69, 9.17) is 4.74 Å². The maximum Gasteiger partial charge on any atom is 0.255 e. The average Bonchev–Trinajstić information content (AvgIpc) is 3.28. The Morgan fingerprint density at radius 3 is 2.57 bits per heavy atom. The number of ether oxygens (including phenoxy) is 1. The van der Waals surface area contributed by atoms with Crippen molar-refractivity contribution in [3.63, 3.8) is 0 Å². The first-order valence-corrected chi connectivity index (χ1v) is 9.07. The van der Waals surface area contributed by atoms with Crippen LogP contribution in [0.25, 0.3) is 0 Å². The van der Waals surface area contributed by atoms with Gasteiger partial charge in [-0.1, -0.05) is 6.92 Å². The molecule has 23 heavy (non-hydrogen) atoms. The molecule has 2 fully saturated rings. The number of amides is 2. The highest BCUT2D eigenvalue weighted by Gasteiger charge is 2.42. The van der Waals surface area contributed by atoms with Crippen LogP contribution in [0.2, 0.25) is 0 Å². The third kappa shape index (κ3) is 3.47. The Labute approximate surface area is 140 Å². The number of carbonyl (C=O) groups is 2. The molecule has 1 aromatic rings. The van der Waals surface area contributed by atoms with Gasteiger partial charge in [0.2, 0.25) is 5.91 Å². The predicted molar refractivity (Wildman–Crippen MR) is 90.7 cm³/mol. The lowest BCUT2D eigenvalue weighted by molar-refractivity contribution is -0.125. The van der Waals surface area contributed by atoms with Crippen molar-refractivity contribution < 1.29 is 14.3 Å². The van der Waals surface area contributed by atoms with Crippen LogP contribution >= 0.6 is 11.8 Å². The molecule has 2 amide bonds. The standard InChI is InChI=1S/C17H22N2O3S/c1-3-15-19(14(10-23-15)16(20)18-12-6-7-12)17(21)11-4-8-13(22-2)9-5-11/h4-5,8-9,12,14-15H,3,6-7,10H2,1-2H3,(H,18,20). The summed E-state index contributed by atoms with van der Waals surface area (Å²) >= 11 is 1.68. The van der Waals surface area contributed by atoms with Crippen molar-refractivity contribution in [3.8, 4) is 5.75 Å². The lowest BCUT2D eigenvalue weighted by atomic mass is 10.1. The molecule has 0 spiro atoms. The van der Waals surface area contributed by atoms with Crippen molar-refractivity contribution >= 4 is 23.6 Å². The van der Waals surface area contributed by atoms with Crippen LogP contribution in [0.5, 0.6) is 5.75 Å². The second-order valence-electron chi connectivity index (χ2n) is 5.94. The van der Waals surface area contributed by atoms with Gasteiger partial charge in [0, 0.05) is 17.4 Å². The molecule has 0 bridgehead atoms. The molecule has 2 aliphatic rings. The number of carbonyl (C=O) groups excluding carboxylic acids is 2. The van der Waals surface area contributed by atoms with Gasteiger partial charge in [-0.3, -0.25) is 9.59 Å². The molecular weight excluding hydrogens is 312 g/mol. The van der Waals surface area contributed by atoms with Crippen molar-refractivity contribution in [2.45, 2.75) is 43.6 Å². The van der Waals surface area contributed by atoms with Crippen LogP contribution in [0.15, 0.2) is 24.3 Å². The lowest BCUT2D eigenvalue weighted by Gasteiger charge is -2.28. The van der Waals surface area contributed by atoms with Gasteiger partial charge < -0.3 is 15.0 Å². The maximum absolute atomic E-state index is 12.9. The number of thioether (sulfide) groups is 1. The van der Waals surface area contributed by atoms with Gasteiger partial charge in [-0.25, -0.2) is 0 Å². The van der Waals surface area contributed by atoms with E-state index in [0.29, 0.717) is 23.1 Å². The monoisotopic (exact) mass is 334 g/mol. The van der Waals surface area contributed by atoms with Gasteiger partial charge in [-0.15, -0.1) is 11.8 Å². The molecule has 1 aromatic carbocycles. The van der Waals surface area contributed by atoms with Crippen molar-refractivity contribution in [1.29, 1.82) is 0 Å². The minimum absolute atomic E-state index is 0.0159. The van der Waals surface area contributed by atoms with Gasteiger partial charge in [-0.2, -0.15) is 0 Å². The van der Waals surface area contributed by atoms with Crippen LogP contribution in [0.3, 0.4) is 0 Å². The Bertz CT molecular complexity index is 586. The first-order chi connectivity index (χ1) is 11.1. The summed E-state index contributed by atoms with van der Waals surface area (Å²) in [5.74, 6) is 1.28. The Kier molecular flexibility index (Phi) is 4.80. The average molecular weight is 334 g/mol. The van der Waals surface area contributed by atoms with Crippen molar-refractivity contribution in [1.82, 2.24) is 10.2 Å². The SMILES string of the molecule is CCC1SCC(C(=O)NC2CC2)N1C(=O)c1ccc(OC)cc1. The maximum atomic E-state index is 12.9. The third-order valence-electron chi connectivity index (χ3n) is 4.24. The van der Waals surface area contributed by atoms with E-state index < -0.39 is 0 Å². The molecule has 124 valence electrons. The molecule has 2 unspecified atom stereocenters. The zero-order valence-corrected chi connectivity index (χ0v) is 14.3. The summed E-state index contributed by atoms with van der Waals surface area (Å²) in [6, 6.07) is 7.00. The molecule has 2 atom stereocenters. The fourth-order valence-corrected chi connectivity index (χ4v) is 4.12. The quantitative estimate of drug-likeness (QED) is 0.897. The molecule has 6 heteroatoms. The number of hydrogen-bond acceptors (Lipinski definition) is 4. The Morgan fingerprint density at radius 1 is 1.30 bits per heavy atom. The highest BCUT2D eigenvalue weighted by Crippen LogP contribution is 2.33. The summed E-state index contributed by atoms with van der Waals surface area (Å²) < 4.78 is 5.13. The third-order valence-corrected chi connectivity index (χ3v) is 5.69. The summed E-state index contributed by atoms with van der Waals surface area (Å²) in [5, 5.41) is 3.08. The zero-order chi connectivity index (χ0) is 16.4. The Morgan fingerprint density at radius 2 is 2.00 bits per heavy atom. The fourth-order valence-electron chi connectivity index (χ4n) is 2.76. The molecule has 1 N–H and O–H groups in total. The van der Waals surface area contributed by atoms with E-state index in [2.05, 4.69) is 5.32 Å². The van der Waals surface area contributed by atoms with E-state index in [9.17, 15) is 9.59 Å². The predicted octanol–water partition coefficient (Wildman–Crippen LogP) is 2.27. The minimum atomic E-state index is -0.375. The fraction of sp³-hybridized carbons (Fsp3) is 0.529. The van der Waals surface area contributed by atoms with E-state index in [1.54, 1.807) is 48.0 Å². The van der Waals surface area contributed by atoms with Gasteiger partial charge in [0.15, 0.2) is 0 Å². The molecular formula is C17H22N2O3S. The largest absolute Gasteiger partial charge is 0.497 e. The second-order valence-corrected chi connectivity index (χ2v) is 7.15. The van der Waals surface area contributed by atoms with E-state index in [0.717, 1.165) is 19.3 Å². The van der Waals surface area contributed by atoms with Crippen molar-refractivity contribution in [3.05, 3.63) is 29.8 Å². The van der Waals surface area contributed by atoms with Gasteiger partial charge >= 0.3 is 0 Å². The van der Waals surface area contributed by atoms with E-state index in [1.807, 2.05) is 6.92 Å². The zero-order valence-electron chi connectivity index (χ0n) is 13.5. The minimum Gasteiger partial charge on any atom is -0.497 e. The molecule has 1 saturated carbocycles. The number of hydrogen-bond donors (Lipinski definition) is 1. The van der Waals surface area contributed by atoms with E-state index in [1.165, 1.54) is 0 Å². The lowest BCUT2D eigenvalue weighted by Crippen LogP contribution is -2.50. The van der Waals surface area contributed by atoms with Gasteiger partial charge in [0.25, 0.3) is 5.91 Å². The van der Waals surface area contributed by atoms with Crippen LogP contribution in [0.4, 0.5) is 0 Å². The Balaban J connectivity index is 1.78. The van der Waals surface area contributed by atoms with Gasteiger partial charge in [-0.05, 0) is 43.5 Å². The number of nitrogens with one attached hydrogen (secondary N) is 1. The summed E-state index contributed by atoms with van der Waals surface area (Å²) in [6.07, 6.45) is 2.93. The number of nitrogens with zero attached hydrogens (tertiary/aromatic N) is 1. The second kappa shape index (κ2) is 6.83. The summed E-state index contributed by atoms with van der Waals surface area (Å²) in [5.41, 5.74) is 0.593. The molecule has 1 aliphatic carbocycles. The molecule has 5 nitrogen and oxygen atoms in total. The molecule has 1 heterocycles. The molecule has 0 radical (unpaired) electrons. The number of benzene rings is 1. The summed E-state index contributed by atoms with van der Waals surface area (Å²) in [6.45, 7) is 2.05. The smallest absolute Gasteiger partial charge is 0.255 e. The molecule has 0 aromatic heterocycles. The van der Waals surface area contributed by atoms with Crippen molar-refractivity contribution in [2.75, 3.05) is 12.9 Å². The molecule has 1 saturated heterocycles. The summed E-state index contributed by atoms with van der Waals surface area (Å²) in [7, 11) is 1.60. The normalized spacial score (nSPS) is 23.7. The van der Waals surface area contributed by atoms with Crippen LogP contribution in [-0.4, -0.2) is 47.0 Å². The Hall–Kier alpha value is -1.69. The van der Waals surface area contributed by atoms with Crippen molar-refractivity contribution in [2.24, 2.45) is 0 Å². The topological polar surface area (TPSA) is 58.6 Å². The summed E-state index contributed by atoms with van der Waals surface area (Å²) in [4.78, 5) is 27.1. The highest BCUT2D eigenvalue weighted by atomic mass is 32.2. The van der Waals surface area contributed by atoms with Crippen LogP contribution in [0.1, 0.15) is 36.5 Å². The van der Waals surface area contributed by atoms with Crippen LogP contribution in [-0.2, 0) is 4.79 Å².